The highest BCUT2D eigenvalue weighted by atomic mass is 32.2. The Morgan fingerprint density at radius 2 is 1.70 bits per heavy atom. The van der Waals surface area contributed by atoms with Crippen LogP contribution in [0.5, 0.6) is 0 Å². The maximum Gasteiger partial charge on any atom is 0.321 e. The number of nitrogens with zero attached hydrogens (tertiary/aromatic N) is 1. The van der Waals surface area contributed by atoms with Gasteiger partial charge in [0.1, 0.15) is 6.54 Å². The van der Waals surface area contributed by atoms with E-state index in [1.54, 1.807) is 19.1 Å². The maximum atomic E-state index is 12.8. The summed E-state index contributed by atoms with van der Waals surface area (Å²) >= 11 is 0. The van der Waals surface area contributed by atoms with Crippen LogP contribution in [0.2, 0.25) is 0 Å². The molecule has 0 amide bonds. The Hall–Kier alpha value is -1.40. The maximum absolute atomic E-state index is 12.8. The van der Waals surface area contributed by atoms with Crippen LogP contribution in [0, 0.1) is 5.92 Å². The van der Waals surface area contributed by atoms with E-state index in [0.717, 1.165) is 5.56 Å². The number of carbonyl (C=O) groups is 1. The van der Waals surface area contributed by atoms with Gasteiger partial charge in [-0.05, 0) is 36.5 Å². The fourth-order valence-corrected chi connectivity index (χ4v) is 3.73. The molecule has 0 aliphatic heterocycles. The molecule has 0 aliphatic rings. The largest absolute Gasteiger partial charge is 0.465 e. The van der Waals surface area contributed by atoms with Crippen LogP contribution in [0.3, 0.4) is 0 Å². The minimum Gasteiger partial charge on any atom is -0.465 e. The fourth-order valence-electron chi connectivity index (χ4n) is 2.18. The molecule has 1 rings (SSSR count). The normalized spacial score (nSPS) is 12.2. The molecule has 6 heteroatoms. The number of rotatable bonds is 8. The molecule has 0 aliphatic carbocycles. The van der Waals surface area contributed by atoms with E-state index in [2.05, 4.69) is 13.8 Å². The summed E-state index contributed by atoms with van der Waals surface area (Å²) < 4.78 is 31.7. The molecule has 0 spiro atoms. The number of sulfonamides is 1. The van der Waals surface area contributed by atoms with Gasteiger partial charge in [-0.15, -0.1) is 0 Å². The second-order valence-electron chi connectivity index (χ2n) is 6.22. The quantitative estimate of drug-likeness (QED) is 0.682. The van der Waals surface area contributed by atoms with Crippen molar-refractivity contribution in [2.24, 2.45) is 5.92 Å². The van der Waals surface area contributed by atoms with Crippen LogP contribution in [0.15, 0.2) is 29.2 Å². The number of ether oxygens (including phenoxy) is 1. The lowest BCUT2D eigenvalue weighted by Crippen LogP contribution is -2.38. The summed E-state index contributed by atoms with van der Waals surface area (Å²) in [6.07, 6.45) is 0. The summed E-state index contributed by atoms with van der Waals surface area (Å²) in [5.41, 5.74) is 1.07. The number of esters is 1. The molecule has 0 heterocycles. The molecule has 130 valence electrons. The van der Waals surface area contributed by atoms with Crippen LogP contribution < -0.4 is 0 Å². The van der Waals surface area contributed by atoms with Gasteiger partial charge in [0.15, 0.2) is 0 Å². The third kappa shape index (κ3) is 5.62. The van der Waals surface area contributed by atoms with Crippen molar-refractivity contribution in [2.45, 2.75) is 45.4 Å². The Balaban J connectivity index is 3.08. The van der Waals surface area contributed by atoms with Gasteiger partial charge in [-0.1, -0.05) is 39.8 Å². The molecular formula is C17H27NO4S. The molecule has 0 radical (unpaired) electrons. The summed E-state index contributed by atoms with van der Waals surface area (Å²) in [6.45, 7) is 9.87. The van der Waals surface area contributed by atoms with Crippen molar-refractivity contribution in [3.05, 3.63) is 29.8 Å². The Labute approximate surface area is 139 Å². The van der Waals surface area contributed by atoms with Gasteiger partial charge in [0.25, 0.3) is 0 Å². The van der Waals surface area contributed by atoms with Crippen LogP contribution >= 0.6 is 0 Å². The zero-order chi connectivity index (χ0) is 17.6. The molecule has 0 bridgehead atoms. The fraction of sp³-hybridized carbons (Fsp3) is 0.588. The highest BCUT2D eigenvalue weighted by molar-refractivity contribution is 7.89. The van der Waals surface area contributed by atoms with Gasteiger partial charge >= 0.3 is 5.97 Å². The van der Waals surface area contributed by atoms with Gasteiger partial charge in [0.05, 0.1) is 11.5 Å². The molecule has 0 unspecified atom stereocenters. The van der Waals surface area contributed by atoms with E-state index in [4.69, 9.17) is 4.74 Å². The van der Waals surface area contributed by atoms with Gasteiger partial charge in [-0.2, -0.15) is 4.31 Å². The van der Waals surface area contributed by atoms with Gasteiger partial charge in [-0.25, -0.2) is 8.42 Å². The third-order valence-corrected chi connectivity index (χ3v) is 5.19. The molecule has 0 fully saturated rings. The topological polar surface area (TPSA) is 63.7 Å². The second kappa shape index (κ2) is 8.45. The highest BCUT2D eigenvalue weighted by Crippen LogP contribution is 2.21. The molecule has 1 aromatic carbocycles. The van der Waals surface area contributed by atoms with Crippen molar-refractivity contribution in [1.82, 2.24) is 4.31 Å². The zero-order valence-corrected chi connectivity index (χ0v) is 15.4. The first-order valence-corrected chi connectivity index (χ1v) is 9.38. The first-order valence-electron chi connectivity index (χ1n) is 7.94. The van der Waals surface area contributed by atoms with E-state index in [9.17, 15) is 13.2 Å². The van der Waals surface area contributed by atoms with Crippen molar-refractivity contribution >= 4 is 16.0 Å². The van der Waals surface area contributed by atoms with Crippen molar-refractivity contribution in [3.63, 3.8) is 0 Å². The molecule has 0 saturated carbocycles. The van der Waals surface area contributed by atoms with Crippen LogP contribution in [0.1, 0.15) is 46.1 Å². The second-order valence-corrected chi connectivity index (χ2v) is 8.16. The van der Waals surface area contributed by atoms with E-state index >= 15 is 0 Å². The molecule has 5 nitrogen and oxygen atoms in total. The standard InChI is InChI=1S/C17H27NO4S/c1-6-22-17(19)12-18(11-13(2)3)23(20,21)16-9-7-15(8-10-16)14(4)5/h7-10,13-14H,6,11-12H2,1-5H3. The third-order valence-electron chi connectivity index (χ3n) is 3.36. The first-order chi connectivity index (χ1) is 10.7. The van der Waals surface area contributed by atoms with Crippen LogP contribution in [0.25, 0.3) is 0 Å². The monoisotopic (exact) mass is 341 g/mol. The summed E-state index contributed by atoms with van der Waals surface area (Å²) in [4.78, 5) is 11.9. The lowest BCUT2D eigenvalue weighted by Gasteiger charge is -2.23. The molecular weight excluding hydrogens is 314 g/mol. The van der Waals surface area contributed by atoms with E-state index in [1.165, 1.54) is 4.31 Å². The van der Waals surface area contributed by atoms with Gasteiger partial charge in [0.2, 0.25) is 10.0 Å². The van der Waals surface area contributed by atoms with Gasteiger partial charge in [0, 0.05) is 6.54 Å². The van der Waals surface area contributed by atoms with E-state index in [0.29, 0.717) is 5.92 Å². The summed E-state index contributed by atoms with van der Waals surface area (Å²) in [5, 5.41) is 0. The van der Waals surface area contributed by atoms with E-state index < -0.39 is 16.0 Å². The predicted octanol–water partition coefficient (Wildman–Crippen LogP) is 3.02. The molecule has 0 aromatic heterocycles. The number of carbonyl (C=O) groups excluding carboxylic acids is 1. The number of hydrogen-bond acceptors (Lipinski definition) is 4. The molecule has 0 atom stereocenters. The minimum atomic E-state index is -3.72. The van der Waals surface area contributed by atoms with Gasteiger partial charge in [-0.3, -0.25) is 4.79 Å². The first kappa shape index (κ1) is 19.6. The summed E-state index contributed by atoms with van der Waals surface area (Å²) in [7, 11) is -3.72. The Morgan fingerprint density at radius 3 is 2.13 bits per heavy atom. The molecule has 0 N–H and O–H groups in total. The van der Waals surface area contributed by atoms with Crippen LogP contribution in [-0.2, 0) is 19.6 Å². The predicted molar refractivity (Wildman–Crippen MR) is 90.8 cm³/mol. The van der Waals surface area contributed by atoms with Crippen molar-refractivity contribution < 1.29 is 17.9 Å². The average Bonchev–Trinajstić information content (AvgIpc) is 2.46. The smallest absolute Gasteiger partial charge is 0.321 e. The van der Waals surface area contributed by atoms with Crippen LogP contribution in [0.4, 0.5) is 0 Å². The van der Waals surface area contributed by atoms with E-state index in [1.807, 2.05) is 26.0 Å². The minimum absolute atomic E-state index is 0.106. The Bertz CT molecular complexity index is 606. The summed E-state index contributed by atoms with van der Waals surface area (Å²) in [6, 6.07) is 6.83. The lowest BCUT2D eigenvalue weighted by atomic mass is 10.0. The van der Waals surface area contributed by atoms with Gasteiger partial charge < -0.3 is 4.74 Å². The Morgan fingerprint density at radius 1 is 1.13 bits per heavy atom. The highest BCUT2D eigenvalue weighted by Gasteiger charge is 2.27. The lowest BCUT2D eigenvalue weighted by molar-refractivity contribution is -0.143. The average molecular weight is 341 g/mol. The molecule has 0 saturated heterocycles. The molecule has 23 heavy (non-hydrogen) atoms. The summed E-state index contributed by atoms with van der Waals surface area (Å²) in [5.74, 6) is -0.0947. The van der Waals surface area contributed by atoms with E-state index in [-0.39, 0.29) is 30.5 Å². The van der Waals surface area contributed by atoms with Crippen LogP contribution in [-0.4, -0.2) is 38.4 Å². The number of hydrogen-bond donors (Lipinski definition) is 0. The van der Waals surface area contributed by atoms with Crippen molar-refractivity contribution in [3.8, 4) is 0 Å². The zero-order valence-electron chi connectivity index (χ0n) is 14.6. The number of benzene rings is 1. The molecule has 1 aromatic rings. The van der Waals surface area contributed by atoms with Crippen molar-refractivity contribution in [2.75, 3.05) is 19.7 Å². The van der Waals surface area contributed by atoms with Crippen molar-refractivity contribution in [1.29, 1.82) is 0 Å². The SMILES string of the molecule is CCOC(=O)CN(CC(C)C)S(=O)(=O)c1ccc(C(C)C)cc1. The Kier molecular flexibility index (Phi) is 7.22.